The lowest BCUT2D eigenvalue weighted by molar-refractivity contribution is 0.195. The predicted molar refractivity (Wildman–Crippen MR) is 132 cm³/mol. The first-order chi connectivity index (χ1) is 15.5. The second-order valence-corrected chi connectivity index (χ2v) is 10.4. The van der Waals surface area contributed by atoms with E-state index in [2.05, 4.69) is 17.1 Å². The van der Waals surface area contributed by atoms with Crippen molar-refractivity contribution in [1.82, 2.24) is 10.2 Å². The summed E-state index contributed by atoms with van der Waals surface area (Å²) >= 11 is 0. The number of para-hydroxylation sites is 3. The molecular formula is C24H35FN4O2S. The molecule has 32 heavy (non-hydrogen) atoms. The van der Waals surface area contributed by atoms with Gasteiger partial charge in [0.1, 0.15) is 11.5 Å². The Bertz CT molecular complexity index is 892. The van der Waals surface area contributed by atoms with Crippen LogP contribution in [0.25, 0.3) is 0 Å². The molecule has 8 heteroatoms. The van der Waals surface area contributed by atoms with E-state index in [1.807, 2.05) is 18.2 Å². The molecule has 0 amide bonds. The maximum Gasteiger partial charge on any atom is 0.148 e. The van der Waals surface area contributed by atoms with Crippen molar-refractivity contribution in [2.45, 2.75) is 45.1 Å². The number of anilines is 3. The zero-order chi connectivity index (χ0) is 22.6. The zero-order valence-electron chi connectivity index (χ0n) is 18.8. The molecule has 0 aliphatic carbocycles. The number of hydrogen-bond donors (Lipinski definition) is 3. The van der Waals surface area contributed by atoms with Crippen molar-refractivity contribution in [3.05, 3.63) is 54.3 Å². The van der Waals surface area contributed by atoms with Crippen molar-refractivity contribution >= 4 is 28.0 Å². The molecule has 0 unspecified atom stereocenters. The van der Waals surface area contributed by atoms with E-state index in [0.717, 1.165) is 44.6 Å². The van der Waals surface area contributed by atoms with Gasteiger partial charge >= 0.3 is 0 Å². The van der Waals surface area contributed by atoms with Crippen LogP contribution in [0.3, 0.4) is 0 Å². The summed E-state index contributed by atoms with van der Waals surface area (Å²) < 4.78 is 39.8. The van der Waals surface area contributed by atoms with Crippen LogP contribution in [0.15, 0.2) is 48.5 Å². The van der Waals surface area contributed by atoms with Crippen molar-refractivity contribution in [3.8, 4) is 0 Å². The van der Waals surface area contributed by atoms with E-state index >= 15 is 0 Å². The number of benzene rings is 2. The monoisotopic (exact) mass is 462 g/mol. The lowest BCUT2D eigenvalue weighted by Gasteiger charge is -2.44. The Balaban J connectivity index is 1.36. The highest BCUT2D eigenvalue weighted by molar-refractivity contribution is 8.27. The Kier molecular flexibility index (Phi) is 7.58. The minimum atomic E-state index is -3.39. The first kappa shape index (κ1) is 23.3. The third-order valence-corrected chi connectivity index (χ3v) is 8.22. The van der Waals surface area contributed by atoms with Crippen molar-refractivity contribution in [3.63, 3.8) is 0 Å². The number of rotatable bonds is 9. The average Bonchev–Trinajstić information content (AvgIpc) is 3.02. The normalized spacial score (nSPS) is 19.9. The van der Waals surface area contributed by atoms with Gasteiger partial charge < -0.3 is 10.2 Å². The molecular weight excluding hydrogens is 427 g/mol. The van der Waals surface area contributed by atoms with Gasteiger partial charge in [-0.15, -0.1) is 0 Å². The largest absolute Gasteiger partial charge is 0.314 e. The Labute approximate surface area is 192 Å². The summed E-state index contributed by atoms with van der Waals surface area (Å²) in [7, 11) is -3.39. The van der Waals surface area contributed by atoms with Gasteiger partial charge in [-0.3, -0.25) is 13.4 Å². The number of fused-ring (bicyclic) bond motifs is 1. The number of likely N-dealkylation sites (tertiary alicyclic amines) is 1. The smallest absolute Gasteiger partial charge is 0.148 e. The molecule has 4 rings (SSSR count). The van der Waals surface area contributed by atoms with Crippen LogP contribution < -0.4 is 13.9 Å². The third kappa shape index (κ3) is 4.89. The fourth-order valence-electron chi connectivity index (χ4n) is 4.60. The molecule has 1 saturated heterocycles. The second kappa shape index (κ2) is 10.4. The van der Waals surface area contributed by atoms with Crippen LogP contribution in [0.5, 0.6) is 0 Å². The maximum absolute atomic E-state index is 14.5. The maximum atomic E-state index is 14.5. The summed E-state index contributed by atoms with van der Waals surface area (Å²) in [5.74, 6) is -0.476. The molecule has 0 spiro atoms. The van der Waals surface area contributed by atoms with E-state index < -0.39 is 16.8 Å². The molecule has 2 aromatic rings. The molecule has 0 saturated carbocycles. The Hall–Kier alpha value is -1.84. The number of nitrogens with one attached hydrogen (secondary N) is 1. The van der Waals surface area contributed by atoms with Crippen LogP contribution in [0.2, 0.25) is 0 Å². The van der Waals surface area contributed by atoms with Gasteiger partial charge in [0.05, 0.1) is 11.4 Å². The van der Waals surface area contributed by atoms with Gasteiger partial charge in [-0.25, -0.2) is 8.70 Å². The quantitative estimate of drug-likeness (QED) is 0.421. The molecule has 6 nitrogen and oxygen atoms in total. The van der Waals surface area contributed by atoms with E-state index in [1.165, 1.54) is 29.8 Å². The highest BCUT2D eigenvalue weighted by atomic mass is 32.3. The van der Waals surface area contributed by atoms with Crippen molar-refractivity contribution in [1.29, 1.82) is 0 Å². The molecule has 0 atom stereocenters. The number of piperidine rings is 1. The highest BCUT2D eigenvalue weighted by Gasteiger charge is 2.42. The molecule has 2 aliphatic heterocycles. The fourth-order valence-corrected chi connectivity index (χ4v) is 6.42. The van der Waals surface area contributed by atoms with E-state index in [1.54, 1.807) is 28.6 Å². The highest BCUT2D eigenvalue weighted by Crippen LogP contribution is 2.64. The fraction of sp³-hybridized carbons (Fsp3) is 0.500. The van der Waals surface area contributed by atoms with Gasteiger partial charge in [-0.05, 0) is 87.1 Å². The SMILES string of the molecule is CCCCN1CCC(NCCCN2c3ccccc3N(c3ccccc3F)S2(O)O)CC1. The van der Waals surface area contributed by atoms with E-state index in [9.17, 15) is 13.5 Å². The van der Waals surface area contributed by atoms with E-state index in [4.69, 9.17) is 0 Å². The van der Waals surface area contributed by atoms with Crippen LogP contribution >= 0.6 is 11.0 Å². The average molecular weight is 463 g/mol. The Morgan fingerprint density at radius 3 is 2.28 bits per heavy atom. The number of halogens is 1. The minimum Gasteiger partial charge on any atom is -0.314 e. The second-order valence-electron chi connectivity index (χ2n) is 8.60. The lowest BCUT2D eigenvalue weighted by atomic mass is 10.0. The van der Waals surface area contributed by atoms with Crippen LogP contribution in [0.4, 0.5) is 21.5 Å². The first-order valence-corrected chi connectivity index (χ1v) is 13.1. The Morgan fingerprint density at radius 1 is 0.938 bits per heavy atom. The van der Waals surface area contributed by atoms with Gasteiger partial charge in [0, 0.05) is 12.6 Å². The van der Waals surface area contributed by atoms with Gasteiger partial charge in [-0.1, -0.05) is 37.6 Å². The predicted octanol–water partition coefficient (Wildman–Crippen LogP) is 5.61. The molecule has 2 heterocycles. The van der Waals surface area contributed by atoms with E-state index in [0.29, 0.717) is 18.3 Å². The standard InChI is InChI=1S/C24H35FN4O2S/c1-2-3-16-27-18-13-20(14-19-27)26-15-8-17-28-23-11-6-7-12-24(23)29(32(28,30)31)22-10-5-4-9-21(22)25/h4-7,9-12,20,26,30-31H,2-3,8,13-19H2,1H3. The van der Waals surface area contributed by atoms with Gasteiger partial charge in [0.2, 0.25) is 0 Å². The summed E-state index contributed by atoms with van der Waals surface area (Å²) in [6.45, 7) is 7.02. The molecule has 0 bridgehead atoms. The van der Waals surface area contributed by atoms with Crippen LogP contribution in [0, 0.1) is 5.82 Å². The summed E-state index contributed by atoms with van der Waals surface area (Å²) in [5, 5.41) is 3.64. The third-order valence-electron chi connectivity index (χ3n) is 6.37. The van der Waals surface area contributed by atoms with Gasteiger partial charge in [-0.2, -0.15) is 0 Å². The zero-order valence-corrected chi connectivity index (χ0v) is 19.6. The van der Waals surface area contributed by atoms with Crippen LogP contribution in [0.1, 0.15) is 39.0 Å². The number of unbranched alkanes of at least 4 members (excludes halogenated alkanes) is 1. The van der Waals surface area contributed by atoms with Crippen LogP contribution in [-0.4, -0.2) is 52.8 Å². The molecule has 2 aliphatic rings. The summed E-state index contributed by atoms with van der Waals surface area (Å²) in [5.41, 5.74) is 1.51. The molecule has 2 aromatic carbocycles. The molecule has 176 valence electrons. The van der Waals surface area contributed by atoms with Gasteiger partial charge in [0.25, 0.3) is 0 Å². The first-order valence-electron chi connectivity index (χ1n) is 11.7. The van der Waals surface area contributed by atoms with Crippen molar-refractivity contribution < 1.29 is 13.5 Å². The summed E-state index contributed by atoms with van der Waals surface area (Å²) in [4.78, 5) is 2.55. The number of nitrogens with zero attached hydrogens (tertiary/aromatic N) is 3. The van der Waals surface area contributed by atoms with E-state index in [-0.39, 0.29) is 5.69 Å². The van der Waals surface area contributed by atoms with Crippen molar-refractivity contribution in [2.75, 3.05) is 41.3 Å². The lowest BCUT2D eigenvalue weighted by Crippen LogP contribution is -2.43. The molecule has 0 radical (unpaired) electrons. The van der Waals surface area contributed by atoms with Crippen molar-refractivity contribution in [2.24, 2.45) is 0 Å². The van der Waals surface area contributed by atoms with Gasteiger partial charge in [0.15, 0.2) is 0 Å². The molecule has 0 aromatic heterocycles. The molecule has 3 N–H and O–H groups in total. The topological polar surface area (TPSA) is 62.2 Å². The summed E-state index contributed by atoms with van der Waals surface area (Å²) in [6.07, 6.45) is 5.60. The minimum absolute atomic E-state index is 0.176. The summed E-state index contributed by atoms with van der Waals surface area (Å²) in [6, 6.07) is 14.1. The number of hydrogen-bond acceptors (Lipinski definition) is 6. The molecule has 1 fully saturated rings. The van der Waals surface area contributed by atoms with Crippen LogP contribution in [-0.2, 0) is 0 Å². The Morgan fingerprint density at radius 2 is 1.59 bits per heavy atom.